The van der Waals surface area contributed by atoms with Gasteiger partial charge in [0.05, 0.1) is 0 Å². The van der Waals surface area contributed by atoms with Crippen LogP contribution >= 0.6 is 0 Å². The normalized spacial score (nSPS) is 15.1. The summed E-state index contributed by atoms with van der Waals surface area (Å²) in [6.45, 7) is 4.26. The summed E-state index contributed by atoms with van der Waals surface area (Å²) in [6, 6.07) is 0. The molecule has 4 nitrogen and oxygen atoms in total. The summed E-state index contributed by atoms with van der Waals surface area (Å²) in [5.41, 5.74) is -2.29. The van der Waals surface area contributed by atoms with Gasteiger partial charge in [-0.3, -0.25) is 4.79 Å². The fourth-order valence-electron chi connectivity index (χ4n) is 0.591. The number of carbonyl (C=O) groups excluding carboxylic acids is 1. The van der Waals surface area contributed by atoms with Crippen molar-refractivity contribution >= 4 is 11.8 Å². The third kappa shape index (κ3) is 1.88. The molecule has 0 aromatic rings. The van der Waals surface area contributed by atoms with Gasteiger partial charge in [-0.2, -0.15) is 0 Å². The number of hydrogen-bond donors (Lipinski definition) is 2. The number of hydrogen-bond acceptors (Lipinski definition) is 3. The number of aliphatic carboxylic acids is 1. The van der Waals surface area contributed by atoms with Crippen LogP contribution in [0.25, 0.3) is 0 Å². The smallest absolute Gasteiger partial charge is 0.343 e. The van der Waals surface area contributed by atoms with E-state index in [1.165, 1.54) is 6.08 Å². The molecule has 0 aliphatic carbocycles. The van der Waals surface area contributed by atoms with Crippen molar-refractivity contribution in [2.75, 3.05) is 0 Å². The molecule has 0 saturated carbocycles. The molecule has 62 valence electrons. The first-order valence-corrected chi connectivity index (χ1v) is 3.03. The largest absolute Gasteiger partial charge is 0.479 e. The molecule has 0 aliphatic rings. The highest BCUT2D eigenvalue weighted by Gasteiger charge is 2.39. The van der Waals surface area contributed by atoms with Crippen LogP contribution in [0.4, 0.5) is 0 Å². The standard InChI is InChI=1S/C7H10O4/c1-3-4-7(11,5(2)8)6(9)10/h3,11H,1,4H2,2H3,(H,9,10). The van der Waals surface area contributed by atoms with Crippen molar-refractivity contribution < 1.29 is 19.8 Å². The summed E-state index contributed by atoms with van der Waals surface area (Å²) < 4.78 is 0. The lowest BCUT2D eigenvalue weighted by Gasteiger charge is -2.17. The van der Waals surface area contributed by atoms with Crippen molar-refractivity contribution in [1.82, 2.24) is 0 Å². The fourth-order valence-corrected chi connectivity index (χ4v) is 0.591. The molecule has 0 saturated heterocycles. The minimum Gasteiger partial charge on any atom is -0.479 e. The SMILES string of the molecule is C=CCC(O)(C(C)=O)C(=O)O. The molecular formula is C7H10O4. The molecule has 0 amide bonds. The highest BCUT2D eigenvalue weighted by molar-refractivity contribution is 6.05. The van der Waals surface area contributed by atoms with E-state index in [0.29, 0.717) is 0 Å². The number of aliphatic hydroxyl groups is 1. The van der Waals surface area contributed by atoms with Crippen LogP contribution in [0.3, 0.4) is 0 Å². The van der Waals surface area contributed by atoms with E-state index in [-0.39, 0.29) is 6.42 Å². The van der Waals surface area contributed by atoms with E-state index in [1.54, 1.807) is 0 Å². The van der Waals surface area contributed by atoms with Crippen LogP contribution in [0.15, 0.2) is 12.7 Å². The Morgan fingerprint density at radius 1 is 1.64 bits per heavy atom. The molecule has 0 bridgehead atoms. The van der Waals surface area contributed by atoms with E-state index in [9.17, 15) is 9.59 Å². The molecule has 0 spiro atoms. The van der Waals surface area contributed by atoms with Gasteiger partial charge in [-0.1, -0.05) is 6.08 Å². The molecule has 0 rings (SSSR count). The maximum absolute atomic E-state index is 10.6. The van der Waals surface area contributed by atoms with E-state index in [2.05, 4.69) is 6.58 Å². The summed E-state index contributed by atoms with van der Waals surface area (Å²) in [5.74, 6) is -2.32. The Kier molecular flexibility index (Phi) is 2.95. The Labute approximate surface area is 64.2 Å². The van der Waals surface area contributed by atoms with Crippen molar-refractivity contribution in [3.05, 3.63) is 12.7 Å². The zero-order chi connectivity index (χ0) is 9.07. The lowest BCUT2D eigenvalue weighted by atomic mass is 9.96. The Hall–Kier alpha value is -1.16. The Morgan fingerprint density at radius 2 is 2.09 bits per heavy atom. The van der Waals surface area contributed by atoms with Crippen LogP contribution in [0, 0.1) is 0 Å². The third-order valence-corrected chi connectivity index (χ3v) is 1.38. The van der Waals surface area contributed by atoms with Gasteiger partial charge in [0.25, 0.3) is 0 Å². The van der Waals surface area contributed by atoms with Crippen LogP contribution in [0.5, 0.6) is 0 Å². The molecule has 0 aromatic carbocycles. The van der Waals surface area contributed by atoms with Gasteiger partial charge in [0.2, 0.25) is 5.60 Å². The molecule has 1 atom stereocenters. The lowest BCUT2D eigenvalue weighted by molar-refractivity contribution is -0.163. The van der Waals surface area contributed by atoms with Crippen LogP contribution in [-0.2, 0) is 9.59 Å². The van der Waals surface area contributed by atoms with Crippen molar-refractivity contribution in [2.45, 2.75) is 18.9 Å². The van der Waals surface area contributed by atoms with Crippen molar-refractivity contribution in [1.29, 1.82) is 0 Å². The first-order valence-electron chi connectivity index (χ1n) is 3.03. The topological polar surface area (TPSA) is 74.6 Å². The summed E-state index contributed by atoms with van der Waals surface area (Å²) >= 11 is 0. The second kappa shape index (κ2) is 3.30. The monoisotopic (exact) mass is 158 g/mol. The Morgan fingerprint density at radius 3 is 2.18 bits per heavy atom. The van der Waals surface area contributed by atoms with Gasteiger partial charge in [0, 0.05) is 6.42 Å². The molecule has 0 aliphatic heterocycles. The van der Waals surface area contributed by atoms with E-state index < -0.39 is 17.4 Å². The minimum atomic E-state index is -2.29. The second-order valence-electron chi connectivity index (χ2n) is 2.21. The van der Waals surface area contributed by atoms with Gasteiger partial charge >= 0.3 is 5.97 Å². The predicted octanol–water partition coefficient (Wildman–Crippen LogP) is -0.0328. The average Bonchev–Trinajstić information content (AvgIpc) is 1.87. The zero-order valence-corrected chi connectivity index (χ0v) is 6.20. The summed E-state index contributed by atoms with van der Waals surface area (Å²) in [5, 5.41) is 17.6. The van der Waals surface area contributed by atoms with Crippen LogP contribution in [0.2, 0.25) is 0 Å². The first kappa shape index (κ1) is 9.84. The van der Waals surface area contributed by atoms with Crippen molar-refractivity contribution in [2.24, 2.45) is 0 Å². The van der Waals surface area contributed by atoms with Gasteiger partial charge in [0.15, 0.2) is 5.78 Å². The van der Waals surface area contributed by atoms with Crippen molar-refractivity contribution in [3.63, 3.8) is 0 Å². The molecule has 4 heteroatoms. The van der Waals surface area contributed by atoms with E-state index in [4.69, 9.17) is 10.2 Å². The van der Waals surface area contributed by atoms with E-state index in [1.807, 2.05) is 0 Å². The zero-order valence-electron chi connectivity index (χ0n) is 6.20. The highest BCUT2D eigenvalue weighted by Crippen LogP contribution is 2.12. The average molecular weight is 158 g/mol. The van der Waals surface area contributed by atoms with E-state index >= 15 is 0 Å². The Balaban J connectivity index is 4.65. The predicted molar refractivity (Wildman–Crippen MR) is 38.1 cm³/mol. The molecule has 1 unspecified atom stereocenters. The fraction of sp³-hybridized carbons (Fsp3) is 0.429. The quantitative estimate of drug-likeness (QED) is 0.445. The van der Waals surface area contributed by atoms with Gasteiger partial charge in [-0.25, -0.2) is 4.79 Å². The molecule has 0 heterocycles. The Bertz CT molecular complexity index is 181. The molecule has 0 aromatic heterocycles. The van der Waals surface area contributed by atoms with Gasteiger partial charge < -0.3 is 10.2 Å². The summed E-state index contributed by atoms with van der Waals surface area (Å²) in [6.07, 6.45) is 0.924. The molecule has 2 N–H and O–H groups in total. The van der Waals surface area contributed by atoms with Crippen LogP contribution in [0.1, 0.15) is 13.3 Å². The van der Waals surface area contributed by atoms with Gasteiger partial charge in [-0.05, 0) is 6.92 Å². The highest BCUT2D eigenvalue weighted by atomic mass is 16.4. The number of Topliss-reactive ketones (excluding diaryl/α,β-unsaturated/α-hetero) is 1. The van der Waals surface area contributed by atoms with E-state index in [0.717, 1.165) is 6.92 Å². The summed E-state index contributed by atoms with van der Waals surface area (Å²) in [7, 11) is 0. The molecule has 0 fully saturated rings. The molecule has 11 heavy (non-hydrogen) atoms. The maximum Gasteiger partial charge on any atom is 0.343 e. The molecular weight excluding hydrogens is 148 g/mol. The van der Waals surface area contributed by atoms with Gasteiger partial charge in [0.1, 0.15) is 0 Å². The summed E-state index contributed by atoms with van der Waals surface area (Å²) in [4.78, 5) is 21.0. The number of rotatable bonds is 4. The van der Waals surface area contributed by atoms with Gasteiger partial charge in [-0.15, -0.1) is 6.58 Å². The maximum atomic E-state index is 10.6. The second-order valence-corrected chi connectivity index (χ2v) is 2.21. The minimum absolute atomic E-state index is 0.266. The van der Waals surface area contributed by atoms with Crippen LogP contribution in [-0.4, -0.2) is 27.6 Å². The number of carbonyl (C=O) groups is 2. The lowest BCUT2D eigenvalue weighted by Crippen LogP contribution is -2.44. The number of ketones is 1. The van der Waals surface area contributed by atoms with Crippen molar-refractivity contribution in [3.8, 4) is 0 Å². The third-order valence-electron chi connectivity index (χ3n) is 1.38. The number of carboxylic acids is 1. The van der Waals surface area contributed by atoms with Crippen LogP contribution < -0.4 is 0 Å². The first-order chi connectivity index (χ1) is 4.95. The number of carboxylic acid groups (broad SMARTS) is 1. The molecule has 0 radical (unpaired) electrons.